The van der Waals surface area contributed by atoms with Gasteiger partial charge in [-0.2, -0.15) is 0 Å². The summed E-state index contributed by atoms with van der Waals surface area (Å²) in [7, 11) is 4.68. The van der Waals surface area contributed by atoms with E-state index in [0.717, 1.165) is 22.0 Å². The number of ether oxygens (including phenoxy) is 3. The van der Waals surface area contributed by atoms with Crippen LogP contribution in [0.2, 0.25) is 0 Å². The Hall–Kier alpha value is -2.93. The first-order valence-electron chi connectivity index (χ1n) is 9.62. The molecule has 1 unspecified atom stereocenters. The van der Waals surface area contributed by atoms with Crippen LogP contribution >= 0.6 is 11.8 Å². The summed E-state index contributed by atoms with van der Waals surface area (Å²) in [5.41, 5.74) is 1.90. The van der Waals surface area contributed by atoms with E-state index in [1.807, 2.05) is 37.3 Å². The van der Waals surface area contributed by atoms with Crippen molar-refractivity contribution in [2.45, 2.75) is 13.0 Å². The quantitative estimate of drug-likeness (QED) is 0.614. The molecule has 1 fully saturated rings. The van der Waals surface area contributed by atoms with Crippen molar-refractivity contribution in [3.05, 3.63) is 59.7 Å². The molecule has 2 aromatic rings. The van der Waals surface area contributed by atoms with E-state index in [2.05, 4.69) is 0 Å². The minimum atomic E-state index is -0.104. The zero-order chi connectivity index (χ0) is 21.5. The van der Waals surface area contributed by atoms with Gasteiger partial charge in [0.1, 0.15) is 0 Å². The predicted molar refractivity (Wildman–Crippen MR) is 122 cm³/mol. The first-order chi connectivity index (χ1) is 14.6. The second-order valence-corrected chi connectivity index (χ2v) is 7.69. The van der Waals surface area contributed by atoms with Crippen LogP contribution in [-0.2, 0) is 4.79 Å². The largest absolute Gasteiger partial charge is 0.493 e. The zero-order valence-corrected chi connectivity index (χ0v) is 18.4. The van der Waals surface area contributed by atoms with Crippen LogP contribution < -0.4 is 14.2 Å². The first kappa shape index (κ1) is 21.8. The maximum atomic E-state index is 12.8. The molecule has 1 heterocycles. The van der Waals surface area contributed by atoms with E-state index in [4.69, 9.17) is 19.2 Å². The third kappa shape index (κ3) is 4.97. The Morgan fingerprint density at radius 1 is 1.10 bits per heavy atom. The van der Waals surface area contributed by atoms with Gasteiger partial charge in [0.05, 0.1) is 27.4 Å². The fourth-order valence-electron chi connectivity index (χ4n) is 3.14. The summed E-state index contributed by atoms with van der Waals surface area (Å²) in [6.07, 6.45) is 3.29. The second-order valence-electron chi connectivity index (χ2n) is 6.63. The number of amidine groups is 1. The van der Waals surface area contributed by atoms with Gasteiger partial charge in [-0.05, 0) is 36.3 Å². The highest BCUT2D eigenvalue weighted by Crippen LogP contribution is 2.38. The number of aliphatic imine (C=N–C) groups is 1. The summed E-state index contributed by atoms with van der Waals surface area (Å²) >= 11 is 1.61. The van der Waals surface area contributed by atoms with E-state index in [1.165, 1.54) is 0 Å². The van der Waals surface area contributed by atoms with Crippen LogP contribution in [0, 0.1) is 0 Å². The minimum Gasteiger partial charge on any atom is -0.493 e. The normalized spacial score (nSPS) is 16.1. The van der Waals surface area contributed by atoms with Crippen LogP contribution in [0.15, 0.2) is 53.5 Å². The van der Waals surface area contributed by atoms with Crippen molar-refractivity contribution in [1.82, 2.24) is 4.90 Å². The van der Waals surface area contributed by atoms with Crippen molar-refractivity contribution in [2.75, 3.05) is 33.6 Å². The average molecular weight is 427 g/mol. The van der Waals surface area contributed by atoms with Gasteiger partial charge in [-0.25, -0.2) is 0 Å². The molecule has 0 N–H and O–H groups in total. The summed E-state index contributed by atoms with van der Waals surface area (Å²) in [6.45, 7) is 2.68. The topological polar surface area (TPSA) is 60.4 Å². The molecule has 158 valence electrons. The van der Waals surface area contributed by atoms with Crippen molar-refractivity contribution in [1.29, 1.82) is 0 Å². The van der Waals surface area contributed by atoms with Gasteiger partial charge in [-0.15, -0.1) is 0 Å². The second kappa shape index (κ2) is 10.2. The number of benzene rings is 2. The molecule has 3 rings (SSSR count). The number of methoxy groups -OCH3 is 3. The van der Waals surface area contributed by atoms with Crippen molar-refractivity contribution in [3.63, 3.8) is 0 Å². The van der Waals surface area contributed by atoms with E-state index in [9.17, 15) is 4.79 Å². The van der Waals surface area contributed by atoms with E-state index in [-0.39, 0.29) is 11.9 Å². The van der Waals surface area contributed by atoms with Crippen molar-refractivity contribution >= 4 is 28.9 Å². The lowest BCUT2D eigenvalue weighted by Crippen LogP contribution is -2.30. The van der Waals surface area contributed by atoms with Gasteiger partial charge in [0.2, 0.25) is 5.75 Å². The van der Waals surface area contributed by atoms with Crippen LogP contribution in [0.3, 0.4) is 0 Å². The standard InChI is InChI=1S/C23H26N2O4S/c1-16(18-8-6-5-7-9-18)24-23-25(12-13-30-23)21(26)11-10-17-14-19(27-2)22(29-4)20(15-17)28-3/h5-11,14-16H,12-13H2,1-4H3/b11-10+,24-23?. The van der Waals surface area contributed by atoms with Gasteiger partial charge in [0.25, 0.3) is 5.91 Å². The molecule has 2 aromatic carbocycles. The Morgan fingerprint density at radius 2 is 1.77 bits per heavy atom. The fraction of sp³-hybridized carbons (Fsp3) is 0.304. The molecule has 30 heavy (non-hydrogen) atoms. The third-order valence-electron chi connectivity index (χ3n) is 4.73. The zero-order valence-electron chi connectivity index (χ0n) is 17.6. The SMILES string of the molecule is COc1cc(/C=C/C(=O)N2CCSC2=NC(C)c2ccccc2)cc(OC)c1OC. The lowest BCUT2D eigenvalue weighted by Gasteiger charge is -2.16. The van der Waals surface area contributed by atoms with Crippen LogP contribution in [-0.4, -0.2) is 49.6 Å². The molecule has 0 aliphatic carbocycles. The maximum absolute atomic E-state index is 12.8. The van der Waals surface area contributed by atoms with Crippen LogP contribution in [0.5, 0.6) is 17.2 Å². The Bertz CT molecular complexity index is 918. The molecule has 6 nitrogen and oxygen atoms in total. The van der Waals surface area contributed by atoms with Gasteiger partial charge in [0, 0.05) is 18.4 Å². The third-order valence-corrected chi connectivity index (χ3v) is 5.71. The molecular weight excluding hydrogens is 400 g/mol. The number of nitrogens with zero attached hydrogens (tertiary/aromatic N) is 2. The molecule has 0 saturated carbocycles. The number of amides is 1. The molecule has 0 radical (unpaired) electrons. The molecule has 7 heteroatoms. The average Bonchev–Trinajstić information content (AvgIpc) is 3.25. The molecule has 1 atom stereocenters. The summed E-state index contributed by atoms with van der Waals surface area (Å²) in [6, 6.07) is 13.7. The summed E-state index contributed by atoms with van der Waals surface area (Å²) in [5.74, 6) is 2.33. The summed E-state index contributed by atoms with van der Waals surface area (Å²) in [4.78, 5) is 19.3. The van der Waals surface area contributed by atoms with Crippen molar-refractivity contribution in [2.24, 2.45) is 4.99 Å². The van der Waals surface area contributed by atoms with Gasteiger partial charge in [-0.3, -0.25) is 14.7 Å². The minimum absolute atomic E-state index is 0.0128. The molecule has 0 bridgehead atoms. The van der Waals surface area contributed by atoms with E-state index >= 15 is 0 Å². The Labute approximate surface area is 181 Å². The Kier molecular flexibility index (Phi) is 7.41. The maximum Gasteiger partial charge on any atom is 0.252 e. The van der Waals surface area contributed by atoms with Gasteiger partial charge >= 0.3 is 0 Å². The highest BCUT2D eigenvalue weighted by molar-refractivity contribution is 8.14. The number of rotatable bonds is 7. The number of thioether (sulfide) groups is 1. The number of hydrogen-bond donors (Lipinski definition) is 0. The van der Waals surface area contributed by atoms with E-state index in [0.29, 0.717) is 23.8 Å². The lowest BCUT2D eigenvalue weighted by atomic mass is 10.1. The summed E-state index contributed by atoms with van der Waals surface area (Å²) in [5, 5.41) is 0.755. The summed E-state index contributed by atoms with van der Waals surface area (Å²) < 4.78 is 16.1. The molecule has 1 amide bonds. The molecule has 1 aliphatic heterocycles. The molecule has 1 saturated heterocycles. The van der Waals surface area contributed by atoms with Crippen molar-refractivity contribution in [3.8, 4) is 17.2 Å². The van der Waals surface area contributed by atoms with E-state index in [1.54, 1.807) is 62.3 Å². The number of carbonyl (C=O) groups is 1. The monoisotopic (exact) mass is 426 g/mol. The van der Waals surface area contributed by atoms with E-state index < -0.39 is 0 Å². The number of carbonyl (C=O) groups excluding carboxylic acids is 1. The van der Waals surface area contributed by atoms with Gasteiger partial charge in [-0.1, -0.05) is 42.1 Å². The molecular formula is C23H26N2O4S. The lowest BCUT2D eigenvalue weighted by molar-refractivity contribution is -0.121. The highest BCUT2D eigenvalue weighted by atomic mass is 32.2. The predicted octanol–water partition coefficient (Wildman–Crippen LogP) is 4.42. The first-order valence-corrected chi connectivity index (χ1v) is 10.6. The molecule has 0 aromatic heterocycles. The highest BCUT2D eigenvalue weighted by Gasteiger charge is 2.25. The Morgan fingerprint density at radius 3 is 2.37 bits per heavy atom. The van der Waals surface area contributed by atoms with Crippen LogP contribution in [0.25, 0.3) is 6.08 Å². The number of hydrogen-bond acceptors (Lipinski definition) is 6. The molecule has 0 spiro atoms. The Balaban J connectivity index is 1.78. The van der Waals surface area contributed by atoms with Crippen molar-refractivity contribution < 1.29 is 19.0 Å². The van der Waals surface area contributed by atoms with Crippen LogP contribution in [0.1, 0.15) is 24.1 Å². The molecule has 1 aliphatic rings. The van der Waals surface area contributed by atoms with Crippen LogP contribution in [0.4, 0.5) is 0 Å². The van der Waals surface area contributed by atoms with Gasteiger partial charge in [0.15, 0.2) is 16.7 Å². The fourth-order valence-corrected chi connectivity index (χ4v) is 4.17. The smallest absolute Gasteiger partial charge is 0.252 e. The van der Waals surface area contributed by atoms with Gasteiger partial charge < -0.3 is 14.2 Å².